The molecule has 7 aromatic carbocycles. The Bertz CT molecular complexity index is 2990. The molecule has 3 nitrogen and oxygen atoms in total. The molecule has 0 aliphatic carbocycles. The molecule has 11 rings (SSSR count). The van der Waals surface area contributed by atoms with E-state index >= 15 is 0 Å². The molecule has 45 heavy (non-hydrogen) atoms. The molecule has 4 heterocycles. The van der Waals surface area contributed by atoms with Gasteiger partial charge in [-0.25, -0.2) is 0 Å². The Morgan fingerprint density at radius 1 is 0.356 bits per heavy atom. The summed E-state index contributed by atoms with van der Waals surface area (Å²) in [6, 6.07) is 52.7. The second-order valence-corrected chi connectivity index (χ2v) is 12.1. The van der Waals surface area contributed by atoms with Crippen LogP contribution in [0.1, 0.15) is 0 Å². The van der Waals surface area contributed by atoms with Gasteiger partial charge in [0.2, 0.25) is 0 Å². The summed E-state index contributed by atoms with van der Waals surface area (Å²) in [5.41, 5.74) is 11.4. The maximum atomic E-state index is 6.59. The second kappa shape index (κ2) is 8.31. The Labute approximate surface area is 257 Å². The molecule has 3 heteroatoms. The quantitative estimate of drug-likeness (QED) is 0.202. The number of aromatic nitrogens is 2. The average Bonchev–Trinajstić information content (AvgIpc) is 3.84. The van der Waals surface area contributed by atoms with Gasteiger partial charge in [0.05, 0.1) is 33.3 Å². The van der Waals surface area contributed by atoms with Crippen molar-refractivity contribution in [2.45, 2.75) is 0 Å². The number of rotatable bonds is 2. The number of para-hydroxylation sites is 7. The van der Waals surface area contributed by atoms with Crippen molar-refractivity contribution in [2.24, 2.45) is 0 Å². The summed E-state index contributed by atoms with van der Waals surface area (Å²) >= 11 is 0. The Hall–Kier alpha value is -6.06. The van der Waals surface area contributed by atoms with Crippen LogP contribution in [0.25, 0.3) is 98.7 Å². The van der Waals surface area contributed by atoms with E-state index in [4.69, 9.17) is 4.42 Å². The van der Waals surface area contributed by atoms with Gasteiger partial charge in [0.25, 0.3) is 0 Å². The van der Waals surface area contributed by atoms with Gasteiger partial charge < -0.3 is 13.4 Å². The average molecular weight is 573 g/mol. The predicted molar refractivity (Wildman–Crippen MR) is 188 cm³/mol. The molecule has 4 aromatic heterocycles. The summed E-state index contributed by atoms with van der Waals surface area (Å²) in [5.74, 6) is 0. The Morgan fingerprint density at radius 2 is 0.889 bits per heavy atom. The second-order valence-electron chi connectivity index (χ2n) is 12.1. The van der Waals surface area contributed by atoms with Crippen molar-refractivity contribution in [3.8, 4) is 16.8 Å². The van der Waals surface area contributed by atoms with E-state index in [-0.39, 0.29) is 0 Å². The van der Waals surface area contributed by atoms with Gasteiger partial charge in [0.1, 0.15) is 11.2 Å². The van der Waals surface area contributed by atoms with E-state index in [2.05, 4.69) is 148 Å². The summed E-state index contributed by atoms with van der Waals surface area (Å²) in [6.45, 7) is 0. The van der Waals surface area contributed by atoms with Crippen molar-refractivity contribution < 1.29 is 4.42 Å². The van der Waals surface area contributed by atoms with Crippen LogP contribution in [0.15, 0.2) is 150 Å². The first-order chi connectivity index (χ1) is 22.4. The van der Waals surface area contributed by atoms with Crippen LogP contribution in [0.3, 0.4) is 0 Å². The van der Waals surface area contributed by atoms with Crippen LogP contribution in [-0.2, 0) is 0 Å². The van der Waals surface area contributed by atoms with E-state index < -0.39 is 0 Å². The zero-order chi connectivity index (χ0) is 29.2. The van der Waals surface area contributed by atoms with Crippen LogP contribution >= 0.6 is 0 Å². The third-order valence-electron chi connectivity index (χ3n) is 9.85. The van der Waals surface area contributed by atoms with Gasteiger partial charge in [-0.1, -0.05) is 121 Å². The number of hydrogen-bond donors (Lipinski definition) is 0. The fourth-order valence-corrected chi connectivity index (χ4v) is 8.08. The molecule has 0 atom stereocenters. The van der Waals surface area contributed by atoms with Crippen molar-refractivity contribution >= 4 is 81.8 Å². The van der Waals surface area contributed by atoms with Crippen molar-refractivity contribution in [3.05, 3.63) is 146 Å². The zero-order valence-corrected chi connectivity index (χ0v) is 24.2. The fourth-order valence-electron chi connectivity index (χ4n) is 8.08. The first-order valence-electron chi connectivity index (χ1n) is 15.5. The highest BCUT2D eigenvalue weighted by Gasteiger charge is 2.24. The minimum absolute atomic E-state index is 0.912. The highest BCUT2D eigenvalue weighted by Crippen LogP contribution is 2.45. The zero-order valence-electron chi connectivity index (χ0n) is 24.2. The standard InChI is InChI=1S/C42H24N2O/c1-4-21-35-25(11-1)28-14-8-17-32(34-20-9-19-33-27-13-3-6-24-38(27)45-42(33)34)39(28)43(35)37-23-10-18-31-30-16-7-15-29-26-12-2-5-22-36(26)44(40(29)30)41(31)37/h1-24H. The third-order valence-corrected chi connectivity index (χ3v) is 9.85. The number of furan rings is 1. The van der Waals surface area contributed by atoms with Crippen LogP contribution in [0.5, 0.6) is 0 Å². The molecule has 0 N–H and O–H groups in total. The lowest BCUT2D eigenvalue weighted by Crippen LogP contribution is -1.98. The van der Waals surface area contributed by atoms with Crippen molar-refractivity contribution in [1.29, 1.82) is 0 Å². The highest BCUT2D eigenvalue weighted by molar-refractivity contribution is 6.25. The SMILES string of the molecule is c1ccc2c(c1)oc1c(-c3cccc4c5ccccc5n(-c5cccc6c7cccc8c9ccccc9n(c56)c87)c34)cccc12. The minimum Gasteiger partial charge on any atom is -0.455 e. The topological polar surface area (TPSA) is 22.5 Å². The summed E-state index contributed by atoms with van der Waals surface area (Å²) in [4.78, 5) is 0. The lowest BCUT2D eigenvalue weighted by molar-refractivity contribution is 0.670. The maximum Gasteiger partial charge on any atom is 0.143 e. The lowest BCUT2D eigenvalue weighted by Gasteiger charge is -2.14. The van der Waals surface area contributed by atoms with E-state index in [9.17, 15) is 0 Å². The van der Waals surface area contributed by atoms with Gasteiger partial charge >= 0.3 is 0 Å². The number of nitrogens with zero attached hydrogens (tertiary/aromatic N) is 2. The molecule has 0 radical (unpaired) electrons. The van der Waals surface area contributed by atoms with Crippen LogP contribution in [0.2, 0.25) is 0 Å². The molecule has 0 fully saturated rings. The minimum atomic E-state index is 0.912. The van der Waals surface area contributed by atoms with Gasteiger partial charge in [0, 0.05) is 54.2 Å². The molecule has 0 amide bonds. The molecule has 0 spiro atoms. The molecule has 0 unspecified atom stereocenters. The molecule has 11 aromatic rings. The number of hydrogen-bond acceptors (Lipinski definition) is 1. The van der Waals surface area contributed by atoms with Gasteiger partial charge in [-0.05, 0) is 24.3 Å². The van der Waals surface area contributed by atoms with E-state index in [0.29, 0.717) is 0 Å². The van der Waals surface area contributed by atoms with E-state index in [1.807, 2.05) is 6.07 Å². The molecular formula is C42H24N2O. The van der Waals surface area contributed by atoms with Crippen molar-refractivity contribution in [3.63, 3.8) is 0 Å². The first-order valence-corrected chi connectivity index (χ1v) is 15.5. The van der Waals surface area contributed by atoms with E-state index in [0.717, 1.165) is 33.1 Å². The molecule has 0 aliphatic rings. The molecule has 0 bridgehead atoms. The smallest absolute Gasteiger partial charge is 0.143 e. The normalized spacial score (nSPS) is 12.4. The van der Waals surface area contributed by atoms with E-state index in [1.54, 1.807) is 0 Å². The summed E-state index contributed by atoms with van der Waals surface area (Å²) in [6.07, 6.45) is 0. The monoisotopic (exact) mass is 572 g/mol. The van der Waals surface area contributed by atoms with Crippen molar-refractivity contribution in [2.75, 3.05) is 0 Å². The Kier molecular flexibility index (Phi) is 4.32. The molecule has 0 saturated carbocycles. The van der Waals surface area contributed by atoms with Gasteiger partial charge in [-0.2, -0.15) is 0 Å². The molecule has 0 aliphatic heterocycles. The van der Waals surface area contributed by atoms with Gasteiger partial charge in [0.15, 0.2) is 0 Å². The van der Waals surface area contributed by atoms with Crippen LogP contribution in [0.4, 0.5) is 0 Å². The lowest BCUT2D eigenvalue weighted by atomic mass is 9.99. The Morgan fingerprint density at radius 3 is 1.71 bits per heavy atom. The van der Waals surface area contributed by atoms with E-state index in [1.165, 1.54) is 65.6 Å². The fraction of sp³-hybridized carbons (Fsp3) is 0. The van der Waals surface area contributed by atoms with Gasteiger partial charge in [-0.3, -0.25) is 0 Å². The molecular weight excluding hydrogens is 548 g/mol. The summed E-state index contributed by atoms with van der Waals surface area (Å²) in [5, 5.41) is 9.88. The van der Waals surface area contributed by atoms with Crippen molar-refractivity contribution in [1.82, 2.24) is 8.97 Å². The van der Waals surface area contributed by atoms with Gasteiger partial charge in [-0.15, -0.1) is 0 Å². The van der Waals surface area contributed by atoms with Crippen LogP contribution < -0.4 is 0 Å². The van der Waals surface area contributed by atoms with Crippen LogP contribution in [-0.4, -0.2) is 8.97 Å². The molecule has 0 saturated heterocycles. The summed E-state index contributed by atoms with van der Waals surface area (Å²) in [7, 11) is 0. The predicted octanol–water partition coefficient (Wildman–Crippen LogP) is 11.5. The van der Waals surface area contributed by atoms with Crippen LogP contribution in [0, 0.1) is 0 Å². The first kappa shape index (κ1) is 23.4. The third kappa shape index (κ3) is 2.86. The summed E-state index contributed by atoms with van der Waals surface area (Å²) < 4.78 is 11.6. The Balaban J connectivity index is 1.35. The number of fused-ring (bicyclic) bond motifs is 12. The maximum absolute atomic E-state index is 6.59. The highest BCUT2D eigenvalue weighted by atomic mass is 16.3. The largest absolute Gasteiger partial charge is 0.455 e. The molecule has 208 valence electrons. The number of benzene rings is 7.